The number of carbonyl (C=O) groups excluding carboxylic acids is 2. The molecule has 2 N–H and O–H groups in total. The Morgan fingerprint density at radius 1 is 1.55 bits per heavy atom. The second kappa shape index (κ2) is 8.82. The van der Waals surface area contributed by atoms with E-state index in [1.54, 1.807) is 5.38 Å². The van der Waals surface area contributed by atoms with E-state index in [4.69, 9.17) is 9.47 Å². The maximum Gasteiger partial charge on any atom is 0.270 e. The molecule has 2 amide bonds. The third kappa shape index (κ3) is 5.70. The molecule has 122 valence electrons. The first-order valence-corrected chi connectivity index (χ1v) is 8.24. The van der Waals surface area contributed by atoms with Crippen LogP contribution in [0.1, 0.15) is 36.7 Å². The number of aromatic nitrogens is 1. The summed E-state index contributed by atoms with van der Waals surface area (Å²) in [7, 11) is 0. The lowest BCUT2D eigenvalue weighted by molar-refractivity contribution is -0.114. The average molecular weight is 327 g/mol. The van der Waals surface area contributed by atoms with Gasteiger partial charge in [-0.1, -0.05) is 0 Å². The smallest absolute Gasteiger partial charge is 0.270 e. The summed E-state index contributed by atoms with van der Waals surface area (Å²) >= 11 is 1.23. The van der Waals surface area contributed by atoms with E-state index in [2.05, 4.69) is 15.6 Å². The Morgan fingerprint density at radius 3 is 3.14 bits per heavy atom. The van der Waals surface area contributed by atoms with Crippen molar-refractivity contribution in [2.24, 2.45) is 0 Å². The van der Waals surface area contributed by atoms with Gasteiger partial charge < -0.3 is 20.1 Å². The summed E-state index contributed by atoms with van der Waals surface area (Å²) in [6.45, 7) is 3.97. The molecule has 0 unspecified atom stereocenters. The average Bonchev–Trinajstić information content (AvgIpc) is 3.13. The number of rotatable bonds is 8. The van der Waals surface area contributed by atoms with Crippen LogP contribution in [0.4, 0.5) is 5.13 Å². The van der Waals surface area contributed by atoms with Gasteiger partial charge in [-0.3, -0.25) is 9.59 Å². The van der Waals surface area contributed by atoms with Crippen molar-refractivity contribution in [2.45, 2.75) is 32.3 Å². The molecule has 1 aromatic heterocycles. The monoisotopic (exact) mass is 327 g/mol. The Kier molecular flexibility index (Phi) is 6.75. The van der Waals surface area contributed by atoms with Crippen molar-refractivity contribution >= 4 is 28.3 Å². The van der Waals surface area contributed by atoms with Crippen molar-refractivity contribution < 1.29 is 19.1 Å². The molecule has 8 heteroatoms. The summed E-state index contributed by atoms with van der Waals surface area (Å²) in [5, 5.41) is 7.37. The minimum absolute atomic E-state index is 0.204. The lowest BCUT2D eigenvalue weighted by Crippen LogP contribution is -2.26. The molecule has 1 fully saturated rings. The largest absolute Gasteiger partial charge is 0.379 e. The molecular formula is C14H21N3O4S. The third-order valence-corrected chi connectivity index (χ3v) is 3.86. The molecule has 1 aromatic rings. The number of hydrogen-bond donors (Lipinski definition) is 2. The van der Waals surface area contributed by atoms with Crippen molar-refractivity contribution in [3.8, 4) is 0 Å². The molecule has 0 radical (unpaired) electrons. The number of thiazole rings is 1. The number of ether oxygens (including phenoxy) is 2. The Morgan fingerprint density at radius 2 is 2.41 bits per heavy atom. The molecule has 1 atom stereocenters. The van der Waals surface area contributed by atoms with Crippen LogP contribution in [0.25, 0.3) is 0 Å². The highest BCUT2D eigenvalue weighted by Gasteiger charge is 2.15. The van der Waals surface area contributed by atoms with Crippen LogP contribution in [-0.2, 0) is 14.3 Å². The van der Waals surface area contributed by atoms with Gasteiger partial charge in [0, 0.05) is 32.1 Å². The van der Waals surface area contributed by atoms with Crippen LogP contribution in [0.5, 0.6) is 0 Å². The molecule has 1 aliphatic heterocycles. The molecule has 1 saturated heterocycles. The van der Waals surface area contributed by atoms with Crippen molar-refractivity contribution in [1.82, 2.24) is 10.3 Å². The summed E-state index contributed by atoms with van der Waals surface area (Å²) < 4.78 is 11.0. The molecule has 0 saturated carbocycles. The molecular weight excluding hydrogens is 306 g/mol. The zero-order chi connectivity index (χ0) is 15.8. The van der Waals surface area contributed by atoms with Crippen molar-refractivity contribution in [2.75, 3.05) is 31.7 Å². The van der Waals surface area contributed by atoms with Crippen LogP contribution in [0.2, 0.25) is 0 Å². The fourth-order valence-corrected chi connectivity index (χ4v) is 2.78. The molecule has 0 aromatic carbocycles. The van der Waals surface area contributed by atoms with Gasteiger partial charge in [0.2, 0.25) is 5.91 Å². The van der Waals surface area contributed by atoms with Crippen molar-refractivity contribution in [3.63, 3.8) is 0 Å². The van der Waals surface area contributed by atoms with Gasteiger partial charge in [-0.25, -0.2) is 4.98 Å². The van der Waals surface area contributed by atoms with Crippen LogP contribution in [0, 0.1) is 0 Å². The van der Waals surface area contributed by atoms with E-state index < -0.39 is 0 Å². The second-order valence-corrected chi connectivity index (χ2v) is 5.90. The van der Waals surface area contributed by atoms with Gasteiger partial charge in [-0.05, 0) is 19.3 Å². The summed E-state index contributed by atoms with van der Waals surface area (Å²) in [5.74, 6) is -0.448. The molecule has 7 nitrogen and oxygen atoms in total. The first-order chi connectivity index (χ1) is 10.6. The standard InChI is InChI=1S/C14H21N3O4S/c1-10(18)16-14-17-12(9-22-14)13(19)15-5-3-6-20-8-11-4-2-7-21-11/h9,11H,2-8H2,1H3,(H,15,19)(H,16,17,18)/t11-/m0/s1. The normalized spacial score (nSPS) is 17.4. The van der Waals surface area contributed by atoms with E-state index >= 15 is 0 Å². The number of amides is 2. The Balaban J connectivity index is 1.57. The fourth-order valence-electron chi connectivity index (χ4n) is 2.04. The van der Waals surface area contributed by atoms with Crippen LogP contribution >= 0.6 is 11.3 Å². The van der Waals surface area contributed by atoms with E-state index in [0.29, 0.717) is 30.6 Å². The number of anilines is 1. The molecule has 2 rings (SSSR count). The second-order valence-electron chi connectivity index (χ2n) is 5.04. The molecule has 0 spiro atoms. The first kappa shape index (κ1) is 16.9. The maximum absolute atomic E-state index is 11.8. The van der Waals surface area contributed by atoms with Crippen LogP contribution in [-0.4, -0.2) is 49.3 Å². The quantitative estimate of drug-likeness (QED) is 0.705. The first-order valence-electron chi connectivity index (χ1n) is 7.36. The molecule has 22 heavy (non-hydrogen) atoms. The zero-order valence-corrected chi connectivity index (χ0v) is 13.4. The van der Waals surface area contributed by atoms with E-state index in [-0.39, 0.29) is 17.9 Å². The molecule has 0 bridgehead atoms. The predicted molar refractivity (Wildman–Crippen MR) is 83.2 cm³/mol. The highest BCUT2D eigenvalue weighted by Crippen LogP contribution is 2.15. The lowest BCUT2D eigenvalue weighted by Gasteiger charge is -2.10. The van der Waals surface area contributed by atoms with E-state index in [1.807, 2.05) is 0 Å². The van der Waals surface area contributed by atoms with Crippen molar-refractivity contribution in [1.29, 1.82) is 0 Å². The number of hydrogen-bond acceptors (Lipinski definition) is 6. The SMILES string of the molecule is CC(=O)Nc1nc(C(=O)NCCCOC[C@@H]2CCCO2)cs1. The van der Waals surface area contributed by atoms with Gasteiger partial charge >= 0.3 is 0 Å². The Bertz CT molecular complexity index is 500. The van der Waals surface area contributed by atoms with Gasteiger partial charge in [0.15, 0.2) is 5.13 Å². The zero-order valence-electron chi connectivity index (χ0n) is 12.6. The number of nitrogens with zero attached hydrogens (tertiary/aromatic N) is 1. The summed E-state index contributed by atoms with van der Waals surface area (Å²) in [6, 6.07) is 0. The minimum Gasteiger partial charge on any atom is -0.379 e. The highest BCUT2D eigenvalue weighted by molar-refractivity contribution is 7.14. The molecule has 2 heterocycles. The summed E-state index contributed by atoms with van der Waals surface area (Å²) in [4.78, 5) is 26.8. The maximum atomic E-state index is 11.8. The highest BCUT2D eigenvalue weighted by atomic mass is 32.1. The number of carbonyl (C=O) groups is 2. The van der Waals surface area contributed by atoms with Crippen molar-refractivity contribution in [3.05, 3.63) is 11.1 Å². The Labute approximate surface area is 133 Å². The topological polar surface area (TPSA) is 89.6 Å². The molecule has 1 aliphatic rings. The summed E-state index contributed by atoms with van der Waals surface area (Å²) in [6.07, 6.45) is 3.15. The van der Waals surface area contributed by atoms with Gasteiger partial charge in [-0.2, -0.15) is 0 Å². The van der Waals surface area contributed by atoms with Crippen LogP contribution in [0.3, 0.4) is 0 Å². The Hall–Kier alpha value is -1.51. The van der Waals surface area contributed by atoms with E-state index in [1.165, 1.54) is 18.3 Å². The fraction of sp³-hybridized carbons (Fsp3) is 0.643. The van der Waals surface area contributed by atoms with Crippen LogP contribution in [0.15, 0.2) is 5.38 Å². The van der Waals surface area contributed by atoms with Gasteiger partial charge in [0.1, 0.15) is 5.69 Å². The lowest BCUT2D eigenvalue weighted by atomic mass is 10.2. The summed E-state index contributed by atoms with van der Waals surface area (Å²) in [5.41, 5.74) is 0.314. The minimum atomic E-state index is -0.244. The van der Waals surface area contributed by atoms with Crippen LogP contribution < -0.4 is 10.6 Å². The predicted octanol–water partition coefficient (Wildman–Crippen LogP) is 1.42. The van der Waals surface area contributed by atoms with Gasteiger partial charge in [-0.15, -0.1) is 11.3 Å². The van der Waals surface area contributed by atoms with Gasteiger partial charge in [0.05, 0.1) is 12.7 Å². The van der Waals surface area contributed by atoms with E-state index in [9.17, 15) is 9.59 Å². The van der Waals surface area contributed by atoms with Gasteiger partial charge in [0.25, 0.3) is 5.91 Å². The third-order valence-electron chi connectivity index (χ3n) is 3.10. The molecule has 0 aliphatic carbocycles. The number of nitrogens with one attached hydrogen (secondary N) is 2. The van der Waals surface area contributed by atoms with E-state index in [0.717, 1.165) is 25.9 Å².